The maximum Gasteiger partial charge on any atom is 0.287 e. The topological polar surface area (TPSA) is 75.4 Å². The molecule has 1 aliphatic rings. The second-order valence-corrected chi connectivity index (χ2v) is 9.40. The number of nitrogens with one attached hydrogen (secondary N) is 1. The monoisotopic (exact) mass is 459 g/mol. The number of piperidine rings is 1. The summed E-state index contributed by atoms with van der Waals surface area (Å²) in [6.07, 6.45) is 3.80. The Balaban J connectivity index is 1.34. The van der Waals surface area contributed by atoms with Gasteiger partial charge in [0.05, 0.1) is 21.5 Å². The van der Waals surface area contributed by atoms with E-state index >= 15 is 0 Å². The van der Waals surface area contributed by atoms with Crippen molar-refractivity contribution in [3.63, 3.8) is 0 Å². The van der Waals surface area contributed by atoms with Crippen LogP contribution in [0.3, 0.4) is 0 Å². The molecule has 4 aromatic rings. The fraction of sp³-hybridized carbons (Fsp3) is 0.269. The Morgan fingerprint density at radius 1 is 1.09 bits per heavy atom. The van der Waals surface area contributed by atoms with Crippen LogP contribution in [0.25, 0.3) is 10.2 Å². The van der Waals surface area contributed by atoms with Crippen LogP contribution in [0, 0.1) is 0 Å². The number of furan rings is 1. The first-order chi connectivity index (χ1) is 16.2. The van der Waals surface area contributed by atoms with Crippen molar-refractivity contribution in [2.24, 2.45) is 0 Å². The maximum absolute atomic E-state index is 13.6. The largest absolute Gasteiger partial charge is 0.459 e. The number of carbonyl (C=O) groups is 2. The van der Waals surface area contributed by atoms with E-state index < -0.39 is 6.04 Å². The highest BCUT2D eigenvalue weighted by Gasteiger charge is 2.32. The van der Waals surface area contributed by atoms with Gasteiger partial charge in [0, 0.05) is 25.4 Å². The second-order valence-electron chi connectivity index (χ2n) is 8.34. The van der Waals surface area contributed by atoms with Gasteiger partial charge in [0.15, 0.2) is 5.76 Å². The van der Waals surface area contributed by atoms with E-state index in [0.29, 0.717) is 19.5 Å². The zero-order valence-corrected chi connectivity index (χ0v) is 19.0. The molecule has 168 valence electrons. The zero-order chi connectivity index (χ0) is 22.6. The number of hydrogen-bond donors (Lipinski definition) is 1. The molecule has 1 fully saturated rings. The first-order valence-corrected chi connectivity index (χ1v) is 12.0. The molecule has 2 aromatic heterocycles. The molecule has 2 atom stereocenters. The molecule has 2 amide bonds. The summed E-state index contributed by atoms with van der Waals surface area (Å²) in [5.41, 5.74) is 2.00. The number of amides is 2. The summed E-state index contributed by atoms with van der Waals surface area (Å²) >= 11 is 1.71. The summed E-state index contributed by atoms with van der Waals surface area (Å²) in [5.74, 6) is -0.0382. The number of benzene rings is 2. The third kappa shape index (κ3) is 4.83. The molecule has 0 bridgehead atoms. The molecule has 7 heteroatoms. The Morgan fingerprint density at radius 2 is 1.91 bits per heavy atom. The highest BCUT2D eigenvalue weighted by Crippen LogP contribution is 2.33. The molecule has 0 saturated carbocycles. The van der Waals surface area contributed by atoms with Crippen molar-refractivity contribution < 1.29 is 14.0 Å². The van der Waals surface area contributed by atoms with Crippen molar-refractivity contribution in [2.45, 2.75) is 31.2 Å². The van der Waals surface area contributed by atoms with Crippen LogP contribution in [0.1, 0.15) is 39.9 Å². The number of para-hydroxylation sites is 1. The van der Waals surface area contributed by atoms with E-state index in [1.165, 1.54) is 11.0 Å². The third-order valence-electron chi connectivity index (χ3n) is 6.02. The molecule has 3 heterocycles. The summed E-state index contributed by atoms with van der Waals surface area (Å²) in [6, 6.07) is 20.5. The molecule has 33 heavy (non-hydrogen) atoms. The summed E-state index contributed by atoms with van der Waals surface area (Å²) in [7, 11) is 0. The van der Waals surface area contributed by atoms with E-state index in [-0.39, 0.29) is 23.5 Å². The van der Waals surface area contributed by atoms with Crippen LogP contribution >= 0.6 is 11.3 Å². The van der Waals surface area contributed by atoms with Gasteiger partial charge in [0.1, 0.15) is 6.04 Å². The fourth-order valence-corrected chi connectivity index (χ4v) is 5.44. The Labute approximate surface area is 196 Å². The number of carbonyl (C=O) groups excluding carboxylic acids is 2. The van der Waals surface area contributed by atoms with Gasteiger partial charge in [-0.2, -0.15) is 0 Å². The van der Waals surface area contributed by atoms with Gasteiger partial charge < -0.3 is 14.6 Å². The van der Waals surface area contributed by atoms with Gasteiger partial charge in [-0.25, -0.2) is 4.98 Å². The van der Waals surface area contributed by atoms with Gasteiger partial charge in [0.2, 0.25) is 5.91 Å². The van der Waals surface area contributed by atoms with Gasteiger partial charge >= 0.3 is 0 Å². The molecular weight excluding hydrogens is 434 g/mol. The summed E-state index contributed by atoms with van der Waals surface area (Å²) in [5, 5.41) is 3.98. The Kier molecular flexibility index (Phi) is 6.21. The first kappa shape index (κ1) is 21.4. The second kappa shape index (κ2) is 9.58. The number of rotatable bonds is 6. The number of thiazole rings is 1. The molecule has 6 nitrogen and oxygen atoms in total. The lowest BCUT2D eigenvalue weighted by Crippen LogP contribution is -2.52. The zero-order valence-electron chi connectivity index (χ0n) is 18.1. The van der Waals surface area contributed by atoms with Crippen molar-refractivity contribution in [3.05, 3.63) is 89.3 Å². The smallest absolute Gasteiger partial charge is 0.287 e. The van der Waals surface area contributed by atoms with Crippen molar-refractivity contribution in [2.75, 3.05) is 13.1 Å². The third-order valence-corrected chi connectivity index (χ3v) is 7.22. The number of fused-ring (bicyclic) bond motifs is 1. The molecule has 5 rings (SSSR count). The normalized spacial score (nSPS) is 17.1. The summed E-state index contributed by atoms with van der Waals surface area (Å²) < 4.78 is 6.40. The van der Waals surface area contributed by atoms with Crippen LogP contribution < -0.4 is 5.32 Å². The molecule has 1 N–H and O–H groups in total. The quantitative estimate of drug-likeness (QED) is 0.456. The van der Waals surface area contributed by atoms with Crippen LogP contribution in [-0.2, 0) is 11.2 Å². The van der Waals surface area contributed by atoms with Crippen LogP contribution in [0.5, 0.6) is 0 Å². The van der Waals surface area contributed by atoms with Crippen LogP contribution in [0.15, 0.2) is 77.4 Å². The predicted molar refractivity (Wildman–Crippen MR) is 128 cm³/mol. The Morgan fingerprint density at radius 3 is 2.70 bits per heavy atom. The van der Waals surface area contributed by atoms with Gasteiger partial charge in [-0.1, -0.05) is 42.5 Å². The van der Waals surface area contributed by atoms with Gasteiger partial charge in [-0.15, -0.1) is 11.3 Å². The van der Waals surface area contributed by atoms with Gasteiger partial charge in [-0.3, -0.25) is 9.59 Å². The van der Waals surface area contributed by atoms with Crippen molar-refractivity contribution in [1.29, 1.82) is 0 Å². The summed E-state index contributed by atoms with van der Waals surface area (Å²) in [6.45, 7) is 1.29. The minimum Gasteiger partial charge on any atom is -0.459 e. The molecule has 1 saturated heterocycles. The van der Waals surface area contributed by atoms with E-state index in [4.69, 9.17) is 9.40 Å². The minimum absolute atomic E-state index is 0.0652. The lowest BCUT2D eigenvalue weighted by molar-refractivity contribution is -0.134. The molecule has 0 unspecified atom stereocenters. The minimum atomic E-state index is -0.667. The van der Waals surface area contributed by atoms with Crippen molar-refractivity contribution in [1.82, 2.24) is 15.2 Å². The van der Waals surface area contributed by atoms with Crippen LogP contribution in [-0.4, -0.2) is 40.8 Å². The van der Waals surface area contributed by atoms with Crippen LogP contribution in [0.2, 0.25) is 0 Å². The molecular formula is C26H25N3O3S. The van der Waals surface area contributed by atoms with Gasteiger partial charge in [0.25, 0.3) is 5.91 Å². The molecule has 1 aliphatic heterocycles. The summed E-state index contributed by atoms with van der Waals surface area (Å²) in [4.78, 5) is 33.0. The predicted octanol–water partition coefficient (Wildman–Crippen LogP) is 4.64. The number of hydrogen-bond acceptors (Lipinski definition) is 5. The van der Waals surface area contributed by atoms with Crippen molar-refractivity contribution >= 4 is 33.4 Å². The fourth-order valence-electron chi connectivity index (χ4n) is 4.35. The molecule has 0 radical (unpaired) electrons. The SMILES string of the molecule is O=C(N[C@@H](Cc1ccccc1)C(=O)N1CCC[C@H](c2nc3ccccc3s2)C1)c1ccco1. The molecule has 0 spiro atoms. The van der Waals surface area contributed by atoms with E-state index in [1.54, 1.807) is 23.5 Å². The van der Waals surface area contributed by atoms with E-state index in [1.807, 2.05) is 53.4 Å². The van der Waals surface area contributed by atoms with Crippen molar-refractivity contribution in [3.8, 4) is 0 Å². The number of nitrogens with zero attached hydrogens (tertiary/aromatic N) is 2. The van der Waals surface area contributed by atoms with E-state index in [9.17, 15) is 9.59 Å². The molecule has 2 aromatic carbocycles. The lowest BCUT2D eigenvalue weighted by Gasteiger charge is -2.34. The van der Waals surface area contributed by atoms with Crippen LogP contribution in [0.4, 0.5) is 0 Å². The van der Waals surface area contributed by atoms with E-state index in [2.05, 4.69) is 11.4 Å². The van der Waals surface area contributed by atoms with Gasteiger partial charge in [-0.05, 0) is 42.7 Å². The lowest BCUT2D eigenvalue weighted by atomic mass is 9.97. The average molecular weight is 460 g/mol. The highest BCUT2D eigenvalue weighted by molar-refractivity contribution is 7.18. The first-order valence-electron chi connectivity index (χ1n) is 11.2. The Hall–Kier alpha value is -3.45. The van der Waals surface area contributed by atoms with E-state index in [0.717, 1.165) is 28.9 Å². The highest BCUT2D eigenvalue weighted by atomic mass is 32.1. The number of aromatic nitrogens is 1. The number of likely N-dealkylation sites (tertiary alicyclic amines) is 1. The Bertz CT molecular complexity index is 1200. The average Bonchev–Trinajstić information content (AvgIpc) is 3.54. The maximum atomic E-state index is 13.6. The standard InChI is InChI=1S/C26H25N3O3S/c30-24(22-12-7-15-32-22)27-21(16-18-8-2-1-3-9-18)26(31)29-14-6-10-19(17-29)25-28-20-11-4-5-13-23(20)33-25/h1-5,7-9,11-13,15,19,21H,6,10,14,16-17H2,(H,27,30)/t19-,21-/m0/s1. The molecule has 0 aliphatic carbocycles.